The predicted molar refractivity (Wildman–Crippen MR) is 73.4 cm³/mol. The summed E-state index contributed by atoms with van der Waals surface area (Å²) in [5, 5.41) is 16.6. The maximum absolute atomic E-state index is 10.9. The third-order valence-corrected chi connectivity index (χ3v) is 2.96. The zero-order valence-corrected chi connectivity index (χ0v) is 11.1. The zero-order valence-electron chi connectivity index (χ0n) is 11.1. The van der Waals surface area contributed by atoms with Crippen LogP contribution in [0.1, 0.15) is 28.5 Å². The molecule has 19 heavy (non-hydrogen) atoms. The van der Waals surface area contributed by atoms with Gasteiger partial charge in [0.15, 0.2) is 0 Å². The molecule has 0 atom stereocenters. The van der Waals surface area contributed by atoms with Gasteiger partial charge in [0.05, 0.1) is 17.8 Å². The monoisotopic (exact) mass is 259 g/mol. The number of benzene rings is 1. The van der Waals surface area contributed by atoms with E-state index in [0.29, 0.717) is 6.54 Å². The van der Waals surface area contributed by atoms with Gasteiger partial charge in [-0.25, -0.2) is 4.79 Å². The Morgan fingerprint density at radius 2 is 2.21 bits per heavy atom. The summed E-state index contributed by atoms with van der Waals surface area (Å²) in [4.78, 5) is 10.9. The SMILES string of the molecule is CCn1ccc(CNc2cc(C(=O)O)ccc2C)n1. The van der Waals surface area contributed by atoms with Crippen LogP contribution < -0.4 is 5.32 Å². The molecule has 0 bridgehead atoms. The molecule has 0 aliphatic heterocycles. The number of rotatable bonds is 5. The lowest BCUT2D eigenvalue weighted by Crippen LogP contribution is -2.05. The Bertz CT molecular complexity index is 590. The molecule has 5 heteroatoms. The highest BCUT2D eigenvalue weighted by Gasteiger charge is 2.06. The number of anilines is 1. The summed E-state index contributed by atoms with van der Waals surface area (Å²) in [7, 11) is 0. The Morgan fingerprint density at radius 3 is 2.84 bits per heavy atom. The van der Waals surface area contributed by atoms with Crippen molar-refractivity contribution in [3.8, 4) is 0 Å². The number of carbonyl (C=O) groups is 1. The fraction of sp³-hybridized carbons (Fsp3) is 0.286. The summed E-state index contributed by atoms with van der Waals surface area (Å²) in [5.74, 6) is -0.918. The Labute approximate surface area is 111 Å². The molecule has 0 unspecified atom stereocenters. The average Bonchev–Trinajstić information content (AvgIpc) is 2.85. The number of aromatic carboxylic acids is 1. The lowest BCUT2D eigenvalue weighted by molar-refractivity contribution is 0.0697. The molecule has 5 nitrogen and oxygen atoms in total. The van der Waals surface area contributed by atoms with E-state index >= 15 is 0 Å². The highest BCUT2D eigenvalue weighted by atomic mass is 16.4. The molecule has 0 aliphatic carbocycles. The van der Waals surface area contributed by atoms with Gasteiger partial charge in [-0.15, -0.1) is 0 Å². The van der Waals surface area contributed by atoms with E-state index < -0.39 is 5.97 Å². The van der Waals surface area contributed by atoms with Gasteiger partial charge in [-0.05, 0) is 37.6 Å². The number of carboxylic acid groups (broad SMARTS) is 1. The van der Waals surface area contributed by atoms with Crippen molar-refractivity contribution in [2.24, 2.45) is 0 Å². The van der Waals surface area contributed by atoms with Gasteiger partial charge in [0.25, 0.3) is 0 Å². The van der Waals surface area contributed by atoms with Crippen LogP contribution in [-0.4, -0.2) is 20.9 Å². The summed E-state index contributed by atoms with van der Waals surface area (Å²) in [6.45, 7) is 5.40. The van der Waals surface area contributed by atoms with Crippen LogP contribution in [0.15, 0.2) is 30.5 Å². The van der Waals surface area contributed by atoms with E-state index in [1.165, 1.54) is 0 Å². The van der Waals surface area contributed by atoms with Crippen molar-refractivity contribution in [1.82, 2.24) is 9.78 Å². The molecule has 0 amide bonds. The maximum atomic E-state index is 10.9. The third-order valence-electron chi connectivity index (χ3n) is 2.96. The summed E-state index contributed by atoms with van der Waals surface area (Å²) >= 11 is 0. The molecule has 2 N–H and O–H groups in total. The van der Waals surface area contributed by atoms with Crippen molar-refractivity contribution < 1.29 is 9.90 Å². The standard InChI is InChI=1S/C14H17N3O2/c1-3-17-7-6-12(16-17)9-15-13-8-11(14(18)19)5-4-10(13)2/h4-8,15H,3,9H2,1-2H3,(H,18,19). The van der Waals surface area contributed by atoms with Gasteiger partial charge < -0.3 is 10.4 Å². The third kappa shape index (κ3) is 3.13. The van der Waals surface area contributed by atoms with E-state index in [1.807, 2.05) is 30.8 Å². The number of aromatic nitrogens is 2. The second kappa shape index (κ2) is 5.56. The summed E-state index contributed by atoms with van der Waals surface area (Å²) in [6, 6.07) is 7.01. The Hall–Kier alpha value is -2.30. The number of hydrogen-bond acceptors (Lipinski definition) is 3. The van der Waals surface area contributed by atoms with E-state index in [1.54, 1.807) is 18.2 Å². The van der Waals surface area contributed by atoms with Crippen molar-refractivity contribution in [1.29, 1.82) is 0 Å². The normalized spacial score (nSPS) is 10.4. The van der Waals surface area contributed by atoms with Crippen molar-refractivity contribution in [2.75, 3.05) is 5.32 Å². The Morgan fingerprint density at radius 1 is 1.42 bits per heavy atom. The van der Waals surface area contributed by atoms with Crippen LogP contribution in [0.4, 0.5) is 5.69 Å². The Kier molecular flexibility index (Phi) is 3.85. The first-order chi connectivity index (χ1) is 9.10. The summed E-state index contributed by atoms with van der Waals surface area (Å²) < 4.78 is 1.86. The van der Waals surface area contributed by atoms with Crippen LogP contribution in [0.25, 0.3) is 0 Å². The van der Waals surface area contributed by atoms with Crippen LogP contribution in [0, 0.1) is 6.92 Å². The molecule has 1 aromatic carbocycles. The fourth-order valence-corrected chi connectivity index (χ4v) is 1.81. The molecule has 0 radical (unpaired) electrons. The van der Waals surface area contributed by atoms with Crippen LogP contribution in [0.3, 0.4) is 0 Å². The number of nitrogens with one attached hydrogen (secondary N) is 1. The van der Waals surface area contributed by atoms with Crippen LogP contribution in [0.2, 0.25) is 0 Å². The summed E-state index contributed by atoms with van der Waals surface area (Å²) in [6.07, 6.45) is 1.93. The first-order valence-corrected chi connectivity index (χ1v) is 6.20. The van der Waals surface area contributed by atoms with Crippen LogP contribution in [-0.2, 0) is 13.1 Å². The smallest absolute Gasteiger partial charge is 0.335 e. The van der Waals surface area contributed by atoms with Gasteiger partial charge in [-0.1, -0.05) is 6.07 Å². The highest BCUT2D eigenvalue weighted by Crippen LogP contribution is 2.17. The molecule has 100 valence electrons. The van der Waals surface area contributed by atoms with Gasteiger partial charge in [0.2, 0.25) is 0 Å². The lowest BCUT2D eigenvalue weighted by atomic mass is 10.1. The minimum absolute atomic E-state index is 0.284. The van der Waals surface area contributed by atoms with Gasteiger partial charge in [0, 0.05) is 18.4 Å². The lowest BCUT2D eigenvalue weighted by Gasteiger charge is -2.09. The minimum Gasteiger partial charge on any atom is -0.478 e. The zero-order chi connectivity index (χ0) is 13.8. The molecule has 0 saturated heterocycles. The number of aryl methyl sites for hydroxylation is 2. The highest BCUT2D eigenvalue weighted by molar-refractivity contribution is 5.89. The van der Waals surface area contributed by atoms with E-state index in [2.05, 4.69) is 10.4 Å². The molecule has 0 saturated carbocycles. The van der Waals surface area contributed by atoms with Crippen molar-refractivity contribution in [3.63, 3.8) is 0 Å². The van der Waals surface area contributed by atoms with Crippen molar-refractivity contribution >= 4 is 11.7 Å². The number of nitrogens with zero attached hydrogens (tertiary/aromatic N) is 2. The predicted octanol–water partition coefficient (Wildman–Crippen LogP) is 2.52. The molecule has 2 aromatic rings. The average molecular weight is 259 g/mol. The molecule has 0 fully saturated rings. The molecular formula is C14H17N3O2. The van der Waals surface area contributed by atoms with E-state index in [-0.39, 0.29) is 5.56 Å². The Balaban J connectivity index is 2.10. The molecule has 1 heterocycles. The summed E-state index contributed by atoms with van der Waals surface area (Å²) in [5.41, 5.74) is 3.06. The van der Waals surface area contributed by atoms with Gasteiger partial charge in [-0.3, -0.25) is 4.68 Å². The minimum atomic E-state index is -0.918. The fourth-order valence-electron chi connectivity index (χ4n) is 1.81. The van der Waals surface area contributed by atoms with Crippen LogP contribution in [0.5, 0.6) is 0 Å². The van der Waals surface area contributed by atoms with E-state index in [9.17, 15) is 4.79 Å². The van der Waals surface area contributed by atoms with Gasteiger partial charge >= 0.3 is 5.97 Å². The maximum Gasteiger partial charge on any atom is 0.335 e. The molecular weight excluding hydrogens is 242 g/mol. The molecule has 0 aliphatic rings. The molecule has 0 spiro atoms. The molecule has 2 rings (SSSR count). The second-order valence-electron chi connectivity index (χ2n) is 4.35. The quantitative estimate of drug-likeness (QED) is 0.865. The number of carboxylic acids is 1. The van der Waals surface area contributed by atoms with E-state index in [4.69, 9.17) is 5.11 Å². The van der Waals surface area contributed by atoms with Crippen molar-refractivity contribution in [3.05, 3.63) is 47.3 Å². The first-order valence-electron chi connectivity index (χ1n) is 6.20. The van der Waals surface area contributed by atoms with Crippen molar-refractivity contribution in [2.45, 2.75) is 26.9 Å². The van der Waals surface area contributed by atoms with Gasteiger partial charge in [0.1, 0.15) is 0 Å². The molecule has 1 aromatic heterocycles. The largest absolute Gasteiger partial charge is 0.478 e. The first kappa shape index (κ1) is 13.1. The number of hydrogen-bond donors (Lipinski definition) is 2. The van der Waals surface area contributed by atoms with Gasteiger partial charge in [-0.2, -0.15) is 5.10 Å². The topological polar surface area (TPSA) is 67.2 Å². The van der Waals surface area contributed by atoms with E-state index in [0.717, 1.165) is 23.5 Å². The second-order valence-corrected chi connectivity index (χ2v) is 4.35. The van der Waals surface area contributed by atoms with Crippen LogP contribution >= 0.6 is 0 Å².